The quantitative estimate of drug-likeness (QED) is 0.677. The minimum Gasteiger partial charge on any atom is -0.383 e. The molecule has 0 saturated carbocycles. The van der Waals surface area contributed by atoms with Gasteiger partial charge in [-0.15, -0.1) is 0 Å². The van der Waals surface area contributed by atoms with Gasteiger partial charge in [0.2, 0.25) is 0 Å². The largest absolute Gasteiger partial charge is 0.383 e. The number of nitrogens with one attached hydrogen (secondary N) is 1. The Morgan fingerprint density at radius 1 is 1.57 bits per heavy atom. The van der Waals surface area contributed by atoms with Crippen LogP contribution in [-0.4, -0.2) is 30.0 Å². The molecule has 1 rings (SSSR count). The van der Waals surface area contributed by atoms with E-state index in [0.29, 0.717) is 6.61 Å². The van der Waals surface area contributed by atoms with Crippen LogP contribution in [0.3, 0.4) is 0 Å². The van der Waals surface area contributed by atoms with Gasteiger partial charge in [-0.1, -0.05) is 13.3 Å². The van der Waals surface area contributed by atoms with Crippen molar-refractivity contribution in [1.29, 1.82) is 0 Å². The van der Waals surface area contributed by atoms with E-state index in [4.69, 9.17) is 4.74 Å². The lowest BCUT2D eigenvalue weighted by Crippen LogP contribution is -2.04. The molecule has 0 radical (unpaired) electrons. The Morgan fingerprint density at radius 2 is 2.43 bits per heavy atom. The van der Waals surface area contributed by atoms with Crippen molar-refractivity contribution in [2.24, 2.45) is 0 Å². The molecule has 0 aliphatic carbocycles. The van der Waals surface area contributed by atoms with E-state index in [1.165, 1.54) is 12.8 Å². The second kappa shape index (κ2) is 6.43. The van der Waals surface area contributed by atoms with Crippen molar-refractivity contribution < 1.29 is 4.74 Å². The van der Waals surface area contributed by atoms with Crippen molar-refractivity contribution in [2.45, 2.75) is 26.3 Å². The highest BCUT2D eigenvalue weighted by atomic mass is 16.5. The van der Waals surface area contributed by atoms with Gasteiger partial charge in [0.15, 0.2) is 0 Å². The molecular formula is C10H19N3O. The molecule has 4 nitrogen and oxygen atoms in total. The molecule has 80 valence electrons. The van der Waals surface area contributed by atoms with E-state index >= 15 is 0 Å². The average molecular weight is 197 g/mol. The molecule has 0 unspecified atom stereocenters. The average Bonchev–Trinajstić information content (AvgIpc) is 2.63. The van der Waals surface area contributed by atoms with Gasteiger partial charge in [0, 0.05) is 19.9 Å². The third-order valence-corrected chi connectivity index (χ3v) is 2.02. The summed E-state index contributed by atoms with van der Waals surface area (Å²) in [6, 6.07) is 0. The number of nitrogens with zero attached hydrogens (tertiary/aromatic N) is 2. The second-order valence-electron chi connectivity index (χ2n) is 3.27. The molecule has 0 saturated heterocycles. The van der Waals surface area contributed by atoms with Gasteiger partial charge in [-0.05, 0) is 6.42 Å². The predicted octanol–water partition coefficient (Wildman–Crippen LogP) is 1.74. The summed E-state index contributed by atoms with van der Waals surface area (Å²) in [7, 11) is 1.70. The maximum Gasteiger partial charge on any atom is 0.0726 e. The predicted molar refractivity (Wildman–Crippen MR) is 57.5 cm³/mol. The third kappa shape index (κ3) is 3.79. The van der Waals surface area contributed by atoms with E-state index in [1.807, 2.05) is 17.1 Å². The van der Waals surface area contributed by atoms with Gasteiger partial charge < -0.3 is 10.1 Å². The number of aromatic nitrogens is 2. The standard InChI is InChI=1S/C10H19N3O/c1-3-4-5-11-10-8-12-13(9-10)6-7-14-2/h8-9,11H,3-7H2,1-2H3. The first-order valence-corrected chi connectivity index (χ1v) is 5.12. The zero-order chi connectivity index (χ0) is 10.2. The minimum atomic E-state index is 0.704. The molecule has 0 aliphatic heterocycles. The maximum absolute atomic E-state index is 4.97. The Hall–Kier alpha value is -1.03. The van der Waals surface area contributed by atoms with Crippen LogP contribution in [0.25, 0.3) is 0 Å². The highest BCUT2D eigenvalue weighted by molar-refractivity contribution is 5.37. The Kier molecular flexibility index (Phi) is 5.07. The van der Waals surface area contributed by atoms with Crippen LogP contribution in [-0.2, 0) is 11.3 Å². The van der Waals surface area contributed by atoms with E-state index in [-0.39, 0.29) is 0 Å². The third-order valence-electron chi connectivity index (χ3n) is 2.02. The lowest BCUT2D eigenvalue weighted by atomic mass is 10.3. The number of hydrogen-bond donors (Lipinski definition) is 1. The van der Waals surface area contributed by atoms with Gasteiger partial charge in [0.05, 0.1) is 25.0 Å². The second-order valence-corrected chi connectivity index (χ2v) is 3.27. The summed E-state index contributed by atoms with van der Waals surface area (Å²) in [6.45, 7) is 4.72. The van der Waals surface area contributed by atoms with E-state index in [9.17, 15) is 0 Å². The van der Waals surface area contributed by atoms with Crippen molar-refractivity contribution in [3.63, 3.8) is 0 Å². The van der Waals surface area contributed by atoms with Crippen LogP contribution in [0.1, 0.15) is 19.8 Å². The van der Waals surface area contributed by atoms with E-state index in [2.05, 4.69) is 17.3 Å². The summed E-state index contributed by atoms with van der Waals surface area (Å²) < 4.78 is 6.86. The molecule has 1 aromatic rings. The minimum absolute atomic E-state index is 0.704. The van der Waals surface area contributed by atoms with Gasteiger partial charge in [0.1, 0.15) is 0 Å². The summed E-state index contributed by atoms with van der Waals surface area (Å²) in [6.07, 6.45) is 6.27. The normalized spacial score (nSPS) is 10.4. The Bertz CT molecular complexity index is 247. The molecule has 0 aromatic carbocycles. The van der Waals surface area contributed by atoms with Crippen molar-refractivity contribution in [1.82, 2.24) is 9.78 Å². The Labute approximate surface area is 85.3 Å². The summed E-state index contributed by atoms with van der Waals surface area (Å²) in [5.41, 5.74) is 1.09. The topological polar surface area (TPSA) is 39.1 Å². The lowest BCUT2D eigenvalue weighted by molar-refractivity contribution is 0.183. The molecule has 0 amide bonds. The maximum atomic E-state index is 4.97. The van der Waals surface area contributed by atoms with Crippen molar-refractivity contribution >= 4 is 5.69 Å². The van der Waals surface area contributed by atoms with Crippen LogP contribution in [0.15, 0.2) is 12.4 Å². The molecule has 0 spiro atoms. The smallest absolute Gasteiger partial charge is 0.0726 e. The number of ether oxygens (including phenoxy) is 1. The van der Waals surface area contributed by atoms with E-state index in [0.717, 1.165) is 18.8 Å². The SMILES string of the molecule is CCCCNc1cnn(CCOC)c1. The number of methoxy groups -OCH3 is 1. The molecule has 1 aromatic heterocycles. The van der Waals surface area contributed by atoms with Crippen LogP contribution in [0, 0.1) is 0 Å². The Balaban J connectivity index is 2.27. The molecule has 0 atom stereocenters. The molecule has 4 heteroatoms. The molecular weight excluding hydrogens is 178 g/mol. The fourth-order valence-electron chi connectivity index (χ4n) is 1.17. The molecule has 0 aliphatic rings. The van der Waals surface area contributed by atoms with Crippen LogP contribution < -0.4 is 5.32 Å². The monoisotopic (exact) mass is 197 g/mol. The molecule has 0 bridgehead atoms. The van der Waals surface area contributed by atoms with Gasteiger partial charge in [0.25, 0.3) is 0 Å². The van der Waals surface area contributed by atoms with Gasteiger partial charge in [-0.2, -0.15) is 5.10 Å². The van der Waals surface area contributed by atoms with Crippen molar-refractivity contribution in [3.8, 4) is 0 Å². The first-order valence-electron chi connectivity index (χ1n) is 5.12. The van der Waals surface area contributed by atoms with Crippen molar-refractivity contribution in [2.75, 3.05) is 25.6 Å². The van der Waals surface area contributed by atoms with Crippen molar-refractivity contribution in [3.05, 3.63) is 12.4 Å². The molecule has 14 heavy (non-hydrogen) atoms. The lowest BCUT2D eigenvalue weighted by Gasteiger charge is -2.01. The summed E-state index contributed by atoms with van der Waals surface area (Å²) >= 11 is 0. The zero-order valence-electron chi connectivity index (χ0n) is 8.99. The first kappa shape index (κ1) is 11.0. The van der Waals surface area contributed by atoms with Crippen LogP contribution in [0.5, 0.6) is 0 Å². The highest BCUT2D eigenvalue weighted by Gasteiger charge is 1.96. The molecule has 0 fully saturated rings. The highest BCUT2D eigenvalue weighted by Crippen LogP contribution is 2.04. The molecule has 1 heterocycles. The van der Waals surface area contributed by atoms with Gasteiger partial charge in [-0.25, -0.2) is 0 Å². The van der Waals surface area contributed by atoms with Gasteiger partial charge >= 0.3 is 0 Å². The van der Waals surface area contributed by atoms with Crippen LogP contribution in [0.4, 0.5) is 5.69 Å². The van der Waals surface area contributed by atoms with Crippen LogP contribution >= 0.6 is 0 Å². The molecule has 1 N–H and O–H groups in total. The van der Waals surface area contributed by atoms with E-state index < -0.39 is 0 Å². The zero-order valence-corrected chi connectivity index (χ0v) is 8.99. The fourth-order valence-corrected chi connectivity index (χ4v) is 1.17. The number of anilines is 1. The number of hydrogen-bond acceptors (Lipinski definition) is 3. The van der Waals surface area contributed by atoms with Gasteiger partial charge in [-0.3, -0.25) is 4.68 Å². The summed E-state index contributed by atoms with van der Waals surface area (Å²) in [4.78, 5) is 0. The van der Waals surface area contributed by atoms with Crippen LogP contribution in [0.2, 0.25) is 0 Å². The summed E-state index contributed by atoms with van der Waals surface area (Å²) in [5.74, 6) is 0. The van der Waals surface area contributed by atoms with E-state index in [1.54, 1.807) is 7.11 Å². The Morgan fingerprint density at radius 3 is 3.14 bits per heavy atom. The number of rotatable bonds is 7. The fraction of sp³-hybridized carbons (Fsp3) is 0.700. The first-order chi connectivity index (χ1) is 6.86. The summed E-state index contributed by atoms with van der Waals surface area (Å²) in [5, 5.41) is 7.52. The number of unbranched alkanes of at least 4 members (excludes halogenated alkanes) is 1.